The van der Waals surface area contributed by atoms with E-state index in [1.807, 2.05) is 0 Å². The molecule has 0 radical (unpaired) electrons. The molecular weight excluding hydrogens is 252 g/mol. The molecule has 0 atom stereocenters. The molecule has 104 valence electrons. The van der Waals surface area contributed by atoms with E-state index in [0.717, 1.165) is 0 Å². The SMILES string of the molecule is CC(C)(C)OC(=O)N1CCc2c(C(=O)O)noc2C1. The first-order chi connectivity index (χ1) is 8.78. The van der Waals surface area contributed by atoms with E-state index in [4.69, 9.17) is 14.4 Å². The van der Waals surface area contributed by atoms with Crippen molar-refractivity contribution in [3.8, 4) is 0 Å². The Bertz CT molecular complexity index is 515. The lowest BCUT2D eigenvalue weighted by Crippen LogP contribution is -2.39. The molecule has 1 N–H and O–H groups in total. The lowest BCUT2D eigenvalue weighted by molar-refractivity contribution is 0.0205. The maximum atomic E-state index is 11.9. The van der Waals surface area contributed by atoms with E-state index in [-0.39, 0.29) is 12.2 Å². The van der Waals surface area contributed by atoms with Crippen LogP contribution in [0.15, 0.2) is 4.52 Å². The maximum Gasteiger partial charge on any atom is 0.410 e. The summed E-state index contributed by atoms with van der Waals surface area (Å²) in [6.45, 7) is 5.94. The van der Waals surface area contributed by atoms with E-state index in [1.54, 1.807) is 20.8 Å². The molecule has 0 spiro atoms. The van der Waals surface area contributed by atoms with E-state index in [0.29, 0.717) is 24.3 Å². The Morgan fingerprint density at radius 2 is 2.11 bits per heavy atom. The number of hydrogen-bond acceptors (Lipinski definition) is 5. The Labute approximate surface area is 110 Å². The molecule has 0 fully saturated rings. The highest BCUT2D eigenvalue weighted by Gasteiger charge is 2.31. The quantitative estimate of drug-likeness (QED) is 0.832. The summed E-state index contributed by atoms with van der Waals surface area (Å²) >= 11 is 0. The van der Waals surface area contributed by atoms with Gasteiger partial charge in [0.15, 0.2) is 11.5 Å². The van der Waals surface area contributed by atoms with E-state index in [9.17, 15) is 9.59 Å². The number of carbonyl (C=O) groups excluding carboxylic acids is 1. The predicted octanol–water partition coefficient (Wildman–Crippen LogP) is 1.67. The standard InChI is InChI=1S/C12H16N2O5/c1-12(2,3)18-11(17)14-5-4-7-8(6-14)19-13-9(7)10(15)16/h4-6H2,1-3H3,(H,15,16). The van der Waals surface area contributed by atoms with Crippen molar-refractivity contribution in [3.05, 3.63) is 17.0 Å². The van der Waals surface area contributed by atoms with Crippen LogP contribution in [-0.2, 0) is 17.7 Å². The van der Waals surface area contributed by atoms with Gasteiger partial charge in [-0.3, -0.25) is 0 Å². The number of rotatable bonds is 1. The molecule has 2 rings (SSSR count). The molecule has 0 aromatic carbocycles. The molecule has 0 saturated carbocycles. The summed E-state index contributed by atoms with van der Waals surface area (Å²) < 4.78 is 10.2. The van der Waals surface area contributed by atoms with Crippen LogP contribution >= 0.6 is 0 Å². The van der Waals surface area contributed by atoms with E-state index >= 15 is 0 Å². The van der Waals surface area contributed by atoms with Crippen LogP contribution in [0.5, 0.6) is 0 Å². The van der Waals surface area contributed by atoms with E-state index in [1.165, 1.54) is 4.90 Å². The first kappa shape index (κ1) is 13.4. The van der Waals surface area contributed by atoms with Gasteiger partial charge in [-0.1, -0.05) is 5.16 Å². The Hall–Kier alpha value is -2.05. The summed E-state index contributed by atoms with van der Waals surface area (Å²) in [5.74, 6) is -0.703. The van der Waals surface area contributed by atoms with Gasteiger partial charge < -0.3 is 19.3 Å². The molecule has 1 aromatic heterocycles. The summed E-state index contributed by atoms with van der Waals surface area (Å²) in [5, 5.41) is 12.4. The monoisotopic (exact) mass is 268 g/mol. The van der Waals surface area contributed by atoms with Crippen molar-refractivity contribution < 1.29 is 24.0 Å². The third-order valence-electron chi connectivity index (χ3n) is 2.69. The number of aromatic nitrogens is 1. The number of amides is 1. The summed E-state index contributed by atoms with van der Waals surface area (Å²) in [5.41, 5.74) is -0.0727. The summed E-state index contributed by atoms with van der Waals surface area (Å²) in [4.78, 5) is 24.3. The number of hydrogen-bond donors (Lipinski definition) is 1. The van der Waals surface area contributed by atoms with Gasteiger partial charge in [0.2, 0.25) is 0 Å². The normalized spacial score (nSPS) is 15.0. The van der Waals surface area contributed by atoms with Crippen molar-refractivity contribution >= 4 is 12.1 Å². The van der Waals surface area contributed by atoms with Gasteiger partial charge in [-0.25, -0.2) is 9.59 Å². The van der Waals surface area contributed by atoms with Gasteiger partial charge in [-0.2, -0.15) is 0 Å². The van der Waals surface area contributed by atoms with Crippen molar-refractivity contribution in [1.82, 2.24) is 10.1 Å². The van der Waals surface area contributed by atoms with Gasteiger partial charge in [-0.05, 0) is 27.2 Å². The number of carboxylic acid groups (broad SMARTS) is 1. The number of nitrogens with zero attached hydrogens (tertiary/aromatic N) is 2. The van der Waals surface area contributed by atoms with E-state index < -0.39 is 17.7 Å². The third kappa shape index (κ3) is 2.86. The topological polar surface area (TPSA) is 92.9 Å². The second-order valence-corrected chi connectivity index (χ2v) is 5.39. The smallest absolute Gasteiger partial charge is 0.410 e. The van der Waals surface area contributed by atoms with Crippen molar-refractivity contribution in [2.24, 2.45) is 0 Å². The first-order valence-electron chi connectivity index (χ1n) is 5.96. The largest absolute Gasteiger partial charge is 0.476 e. The van der Waals surface area contributed by atoms with Gasteiger partial charge in [0.1, 0.15) is 5.60 Å². The summed E-state index contributed by atoms with van der Waals surface area (Å²) in [7, 11) is 0. The minimum Gasteiger partial charge on any atom is -0.476 e. The second-order valence-electron chi connectivity index (χ2n) is 5.39. The van der Waals surface area contributed by atoms with Crippen LogP contribution in [0.1, 0.15) is 42.6 Å². The predicted molar refractivity (Wildman–Crippen MR) is 63.8 cm³/mol. The second kappa shape index (κ2) is 4.56. The first-order valence-corrected chi connectivity index (χ1v) is 5.96. The van der Waals surface area contributed by atoms with Crippen LogP contribution in [0.25, 0.3) is 0 Å². The molecule has 1 aliphatic rings. The highest BCUT2D eigenvalue weighted by molar-refractivity contribution is 5.87. The molecule has 0 aliphatic carbocycles. The molecule has 1 aromatic rings. The van der Waals surface area contributed by atoms with Crippen LogP contribution in [0, 0.1) is 0 Å². The average molecular weight is 268 g/mol. The number of aromatic carboxylic acids is 1. The third-order valence-corrected chi connectivity index (χ3v) is 2.69. The highest BCUT2D eigenvalue weighted by Crippen LogP contribution is 2.23. The van der Waals surface area contributed by atoms with Crippen molar-refractivity contribution in [2.75, 3.05) is 6.54 Å². The molecule has 0 unspecified atom stereocenters. The van der Waals surface area contributed by atoms with Gasteiger partial charge in [-0.15, -0.1) is 0 Å². The lowest BCUT2D eigenvalue weighted by atomic mass is 10.1. The van der Waals surface area contributed by atoms with Gasteiger partial charge in [0.05, 0.1) is 6.54 Å². The summed E-state index contributed by atoms with van der Waals surface area (Å²) in [6.07, 6.45) is -0.0360. The van der Waals surface area contributed by atoms with Crippen LogP contribution in [0.4, 0.5) is 4.79 Å². The summed E-state index contributed by atoms with van der Waals surface area (Å²) in [6, 6.07) is 0. The average Bonchev–Trinajstić information content (AvgIpc) is 2.68. The molecule has 19 heavy (non-hydrogen) atoms. The zero-order valence-electron chi connectivity index (χ0n) is 11.1. The lowest BCUT2D eigenvalue weighted by Gasteiger charge is -2.29. The molecule has 1 amide bonds. The van der Waals surface area contributed by atoms with Gasteiger partial charge >= 0.3 is 12.1 Å². The highest BCUT2D eigenvalue weighted by atomic mass is 16.6. The van der Waals surface area contributed by atoms with Gasteiger partial charge in [0.25, 0.3) is 0 Å². The number of carbonyl (C=O) groups is 2. The molecular formula is C12H16N2O5. The zero-order valence-corrected chi connectivity index (χ0v) is 11.1. The fraction of sp³-hybridized carbons (Fsp3) is 0.583. The molecule has 1 aliphatic heterocycles. The van der Waals surface area contributed by atoms with Gasteiger partial charge in [0, 0.05) is 12.1 Å². The fourth-order valence-corrected chi connectivity index (χ4v) is 1.87. The Balaban J connectivity index is 2.11. The minimum absolute atomic E-state index is 0.0705. The molecule has 2 heterocycles. The van der Waals surface area contributed by atoms with Crippen LogP contribution in [-0.4, -0.2) is 39.4 Å². The van der Waals surface area contributed by atoms with Crippen molar-refractivity contribution in [1.29, 1.82) is 0 Å². The zero-order chi connectivity index (χ0) is 14.2. The Kier molecular flexibility index (Phi) is 3.21. The van der Waals surface area contributed by atoms with Crippen LogP contribution in [0.3, 0.4) is 0 Å². The fourth-order valence-electron chi connectivity index (χ4n) is 1.87. The Morgan fingerprint density at radius 3 is 2.68 bits per heavy atom. The number of carboxylic acids is 1. The van der Waals surface area contributed by atoms with Crippen molar-refractivity contribution in [2.45, 2.75) is 39.3 Å². The maximum absolute atomic E-state index is 11.9. The minimum atomic E-state index is -1.12. The number of fused-ring (bicyclic) bond motifs is 1. The molecule has 7 heteroatoms. The number of ether oxygens (including phenoxy) is 1. The Morgan fingerprint density at radius 1 is 1.42 bits per heavy atom. The van der Waals surface area contributed by atoms with E-state index in [2.05, 4.69) is 5.16 Å². The van der Waals surface area contributed by atoms with Crippen molar-refractivity contribution in [3.63, 3.8) is 0 Å². The molecule has 0 saturated heterocycles. The van der Waals surface area contributed by atoms with Crippen LogP contribution < -0.4 is 0 Å². The molecule has 0 bridgehead atoms. The van der Waals surface area contributed by atoms with Crippen LogP contribution in [0.2, 0.25) is 0 Å². The molecule has 7 nitrogen and oxygen atoms in total.